The third kappa shape index (κ3) is 4.29. The molecule has 26 heavy (non-hydrogen) atoms. The van der Waals surface area contributed by atoms with E-state index in [9.17, 15) is 9.59 Å². The summed E-state index contributed by atoms with van der Waals surface area (Å²) in [4.78, 5) is 30.3. The minimum absolute atomic E-state index is 0.145. The lowest BCUT2D eigenvalue weighted by atomic mass is 10.2. The molecule has 0 radical (unpaired) electrons. The minimum Gasteiger partial charge on any atom is -0.383 e. The van der Waals surface area contributed by atoms with Crippen LogP contribution in [0.3, 0.4) is 0 Å². The van der Waals surface area contributed by atoms with Gasteiger partial charge >= 0.3 is 0 Å². The van der Waals surface area contributed by atoms with E-state index in [0.29, 0.717) is 54.0 Å². The number of rotatable bonds is 7. The number of morpholine rings is 1. The topological polar surface area (TPSA) is 85.2 Å². The monoisotopic (exact) mass is 424 g/mol. The third-order valence-electron chi connectivity index (χ3n) is 4.26. The van der Waals surface area contributed by atoms with Crippen LogP contribution in [-0.4, -0.2) is 79.1 Å². The molecule has 2 aromatic rings. The molecule has 8 nitrogen and oxygen atoms in total. The van der Waals surface area contributed by atoms with E-state index >= 15 is 0 Å². The van der Waals surface area contributed by atoms with E-state index in [4.69, 9.17) is 9.47 Å². The van der Waals surface area contributed by atoms with Crippen molar-refractivity contribution in [2.24, 2.45) is 0 Å². The molecule has 1 aliphatic rings. The second-order valence-electron chi connectivity index (χ2n) is 6.11. The summed E-state index contributed by atoms with van der Waals surface area (Å²) >= 11 is 3.41. The number of halogens is 1. The van der Waals surface area contributed by atoms with Crippen LogP contribution in [0.25, 0.3) is 5.65 Å². The van der Waals surface area contributed by atoms with Crippen LogP contribution >= 0.6 is 15.9 Å². The number of methoxy groups -OCH3 is 1. The first-order chi connectivity index (χ1) is 12.6. The van der Waals surface area contributed by atoms with Gasteiger partial charge in [-0.1, -0.05) is 0 Å². The Morgan fingerprint density at radius 3 is 2.96 bits per heavy atom. The van der Waals surface area contributed by atoms with E-state index in [2.05, 4.69) is 31.1 Å². The highest BCUT2D eigenvalue weighted by molar-refractivity contribution is 9.10. The van der Waals surface area contributed by atoms with Crippen LogP contribution in [0.1, 0.15) is 20.8 Å². The van der Waals surface area contributed by atoms with Gasteiger partial charge in [0.25, 0.3) is 5.91 Å². The summed E-state index contributed by atoms with van der Waals surface area (Å²) in [7, 11) is 1.61. The lowest BCUT2D eigenvalue weighted by molar-refractivity contribution is 0.0274. The van der Waals surface area contributed by atoms with Crippen molar-refractivity contribution in [2.45, 2.75) is 6.04 Å². The van der Waals surface area contributed by atoms with Crippen LogP contribution in [0.4, 0.5) is 0 Å². The van der Waals surface area contributed by atoms with Crippen molar-refractivity contribution >= 4 is 33.8 Å². The quantitative estimate of drug-likeness (QED) is 0.666. The zero-order valence-corrected chi connectivity index (χ0v) is 16.1. The molecule has 1 saturated heterocycles. The van der Waals surface area contributed by atoms with Crippen molar-refractivity contribution in [1.82, 2.24) is 19.6 Å². The molecule has 1 N–H and O–H groups in total. The standard InChI is InChI=1S/C17H21BrN4O4/c1-25-11-13(9-21-2-4-26-5-3-21)20-17(24)12-6-15(18)16-19-7-14(10-23)22(16)8-12/h6-8,10,13H,2-5,9,11H2,1H3,(H,20,24). The lowest BCUT2D eigenvalue weighted by Gasteiger charge is -2.30. The fourth-order valence-corrected chi connectivity index (χ4v) is 3.52. The number of nitrogens with one attached hydrogen (secondary N) is 1. The van der Waals surface area contributed by atoms with E-state index in [1.54, 1.807) is 23.8 Å². The van der Waals surface area contributed by atoms with Gasteiger partial charge in [0, 0.05) is 32.9 Å². The predicted molar refractivity (Wildman–Crippen MR) is 98.7 cm³/mol. The van der Waals surface area contributed by atoms with Crippen LogP contribution < -0.4 is 5.32 Å². The molecule has 3 rings (SSSR count). The molecule has 9 heteroatoms. The molecule has 1 amide bonds. The Balaban J connectivity index is 1.76. The molecule has 3 heterocycles. The van der Waals surface area contributed by atoms with Gasteiger partial charge in [0.15, 0.2) is 11.9 Å². The number of nitrogens with zero attached hydrogens (tertiary/aromatic N) is 3. The largest absolute Gasteiger partial charge is 0.383 e. The van der Waals surface area contributed by atoms with Gasteiger partial charge in [0.05, 0.1) is 42.1 Å². The summed E-state index contributed by atoms with van der Waals surface area (Å²) < 4.78 is 12.9. The number of aromatic nitrogens is 2. The fraction of sp³-hybridized carbons (Fsp3) is 0.471. The van der Waals surface area contributed by atoms with E-state index in [1.165, 1.54) is 6.20 Å². The third-order valence-corrected chi connectivity index (χ3v) is 4.84. The number of imidazole rings is 1. The van der Waals surface area contributed by atoms with E-state index in [-0.39, 0.29) is 11.9 Å². The average Bonchev–Trinajstić information content (AvgIpc) is 3.06. The van der Waals surface area contributed by atoms with E-state index in [1.807, 2.05) is 0 Å². The van der Waals surface area contributed by atoms with Crippen molar-refractivity contribution in [3.63, 3.8) is 0 Å². The van der Waals surface area contributed by atoms with Gasteiger partial charge in [0.2, 0.25) is 0 Å². The summed E-state index contributed by atoms with van der Waals surface area (Å²) in [5, 5.41) is 3.01. The molecule has 1 unspecified atom stereocenters. The smallest absolute Gasteiger partial charge is 0.253 e. The zero-order chi connectivity index (χ0) is 18.5. The van der Waals surface area contributed by atoms with Crippen LogP contribution in [0.5, 0.6) is 0 Å². The molecular weight excluding hydrogens is 404 g/mol. The van der Waals surface area contributed by atoms with Gasteiger partial charge in [-0.25, -0.2) is 4.98 Å². The number of ether oxygens (including phenoxy) is 2. The van der Waals surface area contributed by atoms with Crippen molar-refractivity contribution in [3.8, 4) is 0 Å². The summed E-state index contributed by atoms with van der Waals surface area (Å²) in [6.07, 6.45) is 3.80. The van der Waals surface area contributed by atoms with Gasteiger partial charge in [-0.05, 0) is 22.0 Å². The summed E-state index contributed by atoms with van der Waals surface area (Å²) in [6.45, 7) is 4.18. The fourth-order valence-electron chi connectivity index (χ4n) is 2.98. The average molecular weight is 425 g/mol. The Morgan fingerprint density at radius 2 is 2.27 bits per heavy atom. The Hall–Kier alpha value is -1.81. The second kappa shape index (κ2) is 8.72. The van der Waals surface area contributed by atoms with Crippen LogP contribution in [0.15, 0.2) is 22.9 Å². The number of hydrogen-bond donors (Lipinski definition) is 1. The molecule has 2 aromatic heterocycles. The SMILES string of the molecule is COCC(CN1CCOCC1)NC(=O)c1cc(Br)c2ncc(C=O)n2c1. The van der Waals surface area contributed by atoms with Crippen molar-refractivity contribution in [3.05, 3.63) is 34.2 Å². The molecule has 1 atom stereocenters. The maximum absolute atomic E-state index is 12.7. The Bertz CT molecular complexity index is 788. The number of carbonyl (C=O) groups excluding carboxylic acids is 2. The van der Waals surface area contributed by atoms with Crippen LogP contribution in [0.2, 0.25) is 0 Å². The van der Waals surface area contributed by atoms with Crippen LogP contribution in [-0.2, 0) is 9.47 Å². The molecule has 0 saturated carbocycles. The number of amides is 1. The molecule has 0 bridgehead atoms. The summed E-state index contributed by atoms with van der Waals surface area (Å²) in [5.41, 5.74) is 1.41. The zero-order valence-electron chi connectivity index (χ0n) is 14.5. The van der Waals surface area contributed by atoms with Gasteiger partial charge < -0.3 is 14.8 Å². The summed E-state index contributed by atoms with van der Waals surface area (Å²) in [6, 6.07) is 1.55. The second-order valence-corrected chi connectivity index (χ2v) is 6.96. The van der Waals surface area contributed by atoms with Crippen LogP contribution in [0, 0.1) is 0 Å². The highest BCUT2D eigenvalue weighted by atomic mass is 79.9. The van der Waals surface area contributed by atoms with Gasteiger partial charge in [-0.3, -0.25) is 18.9 Å². The molecule has 140 valence electrons. The first-order valence-electron chi connectivity index (χ1n) is 8.34. The van der Waals surface area contributed by atoms with E-state index in [0.717, 1.165) is 13.1 Å². The van der Waals surface area contributed by atoms with Gasteiger partial charge in [-0.2, -0.15) is 0 Å². The van der Waals surface area contributed by atoms with Crippen molar-refractivity contribution in [1.29, 1.82) is 0 Å². The molecule has 0 spiro atoms. The maximum atomic E-state index is 12.7. The minimum atomic E-state index is -0.228. The number of fused-ring (bicyclic) bond motifs is 1. The van der Waals surface area contributed by atoms with E-state index < -0.39 is 0 Å². The molecule has 0 aromatic carbocycles. The van der Waals surface area contributed by atoms with Gasteiger partial charge in [-0.15, -0.1) is 0 Å². The molecule has 1 aliphatic heterocycles. The van der Waals surface area contributed by atoms with Crippen molar-refractivity contribution < 1.29 is 19.1 Å². The normalized spacial score (nSPS) is 16.5. The van der Waals surface area contributed by atoms with Crippen molar-refractivity contribution in [2.75, 3.05) is 46.6 Å². The Labute approximate surface area is 159 Å². The van der Waals surface area contributed by atoms with Gasteiger partial charge in [0.1, 0.15) is 5.69 Å². The first kappa shape index (κ1) is 19.0. The first-order valence-corrected chi connectivity index (χ1v) is 9.13. The summed E-state index contributed by atoms with van der Waals surface area (Å²) in [5.74, 6) is -0.228. The molecular formula is C17H21BrN4O4. The highest BCUT2D eigenvalue weighted by Crippen LogP contribution is 2.20. The number of carbonyl (C=O) groups is 2. The Morgan fingerprint density at radius 1 is 1.50 bits per heavy atom. The maximum Gasteiger partial charge on any atom is 0.253 e. The molecule has 1 fully saturated rings. The molecule has 0 aliphatic carbocycles. The number of pyridine rings is 1. The lowest BCUT2D eigenvalue weighted by Crippen LogP contribution is -2.49. The Kier molecular flexibility index (Phi) is 6.36. The highest BCUT2D eigenvalue weighted by Gasteiger charge is 2.20. The number of hydrogen-bond acceptors (Lipinski definition) is 6. The number of aldehydes is 1. The predicted octanol–water partition coefficient (Wildman–Crippen LogP) is 0.986.